The van der Waals surface area contributed by atoms with E-state index in [9.17, 15) is 19.2 Å². The lowest BCUT2D eigenvalue weighted by molar-refractivity contribution is -0.146. The number of unbranched alkanes of at least 4 members (excludes halogenated alkanes) is 8. The zero-order valence-electron chi connectivity index (χ0n) is 21.0. The maximum absolute atomic E-state index is 12.4. The van der Waals surface area contributed by atoms with Crippen LogP contribution in [0.1, 0.15) is 97.8 Å². The minimum Gasteiger partial charge on any atom is -0.481 e. The summed E-state index contributed by atoms with van der Waals surface area (Å²) in [5, 5.41) is 11.7. The van der Waals surface area contributed by atoms with Crippen molar-refractivity contribution in [3.8, 4) is 0 Å². The van der Waals surface area contributed by atoms with Gasteiger partial charge in [0.2, 0.25) is 0 Å². The maximum Gasteiger partial charge on any atom is 0.328 e. The van der Waals surface area contributed by atoms with E-state index in [1.165, 1.54) is 57.3 Å². The highest BCUT2D eigenvalue weighted by Gasteiger charge is 2.22. The SMILES string of the molecule is CC(C)(C)CCCCCCCCCCCOC(=O)[C@H](CCC(=O)O)NC=CN1C(=O)C=CC1=O. The van der Waals surface area contributed by atoms with E-state index in [4.69, 9.17) is 9.84 Å². The van der Waals surface area contributed by atoms with Gasteiger partial charge in [0.1, 0.15) is 6.04 Å². The van der Waals surface area contributed by atoms with Crippen molar-refractivity contribution in [2.24, 2.45) is 5.41 Å². The number of ether oxygens (including phenoxy) is 1. The molecule has 0 unspecified atom stereocenters. The molecule has 1 atom stereocenters. The summed E-state index contributed by atoms with van der Waals surface area (Å²) in [6.07, 6.45) is 16.4. The first-order valence-corrected chi connectivity index (χ1v) is 12.5. The molecule has 1 heterocycles. The average Bonchev–Trinajstić information content (AvgIpc) is 3.07. The third-order valence-corrected chi connectivity index (χ3v) is 5.61. The number of amides is 2. The first-order valence-electron chi connectivity index (χ1n) is 12.5. The molecule has 0 spiro atoms. The second kappa shape index (κ2) is 16.1. The minimum absolute atomic E-state index is 0.0361. The molecule has 8 heteroatoms. The third kappa shape index (κ3) is 13.8. The summed E-state index contributed by atoms with van der Waals surface area (Å²) in [5.41, 5.74) is 0.429. The van der Waals surface area contributed by atoms with Crippen LogP contribution < -0.4 is 5.32 Å². The Hall–Kier alpha value is -2.64. The molecule has 1 rings (SSSR count). The highest BCUT2D eigenvalue weighted by Crippen LogP contribution is 2.22. The second-order valence-electron chi connectivity index (χ2n) is 10.0. The smallest absolute Gasteiger partial charge is 0.328 e. The molecule has 34 heavy (non-hydrogen) atoms. The van der Waals surface area contributed by atoms with Crippen LogP contribution in [0.5, 0.6) is 0 Å². The van der Waals surface area contributed by atoms with Crippen LogP contribution >= 0.6 is 0 Å². The molecule has 0 fully saturated rings. The zero-order chi connectivity index (χ0) is 25.4. The number of carbonyl (C=O) groups excluding carboxylic acids is 3. The van der Waals surface area contributed by atoms with Gasteiger partial charge in [0, 0.05) is 31.0 Å². The van der Waals surface area contributed by atoms with Crippen molar-refractivity contribution in [3.05, 3.63) is 24.6 Å². The number of imide groups is 1. The number of hydrogen-bond acceptors (Lipinski definition) is 6. The van der Waals surface area contributed by atoms with E-state index in [-0.39, 0.29) is 19.4 Å². The van der Waals surface area contributed by atoms with E-state index in [0.717, 1.165) is 36.3 Å². The van der Waals surface area contributed by atoms with Crippen molar-refractivity contribution in [1.29, 1.82) is 0 Å². The van der Waals surface area contributed by atoms with Crippen molar-refractivity contribution >= 4 is 23.8 Å². The number of nitrogens with one attached hydrogen (secondary N) is 1. The number of nitrogens with zero attached hydrogens (tertiary/aromatic N) is 1. The largest absolute Gasteiger partial charge is 0.481 e. The average molecular weight is 479 g/mol. The Morgan fingerprint density at radius 3 is 2.03 bits per heavy atom. The quantitative estimate of drug-likeness (QED) is 0.167. The Morgan fingerprint density at radius 1 is 0.971 bits per heavy atom. The topological polar surface area (TPSA) is 113 Å². The first kappa shape index (κ1) is 29.4. The van der Waals surface area contributed by atoms with Gasteiger partial charge in [-0.15, -0.1) is 0 Å². The van der Waals surface area contributed by atoms with Gasteiger partial charge < -0.3 is 15.2 Å². The maximum atomic E-state index is 12.4. The molecule has 2 N–H and O–H groups in total. The molecule has 0 aliphatic carbocycles. The summed E-state index contributed by atoms with van der Waals surface area (Å²) in [6, 6.07) is -0.869. The molecule has 0 radical (unpaired) electrons. The van der Waals surface area contributed by atoms with E-state index in [0.29, 0.717) is 5.41 Å². The number of esters is 1. The molecule has 0 saturated carbocycles. The summed E-state index contributed by atoms with van der Waals surface area (Å²) in [7, 11) is 0. The van der Waals surface area contributed by atoms with Crippen molar-refractivity contribution in [1.82, 2.24) is 10.2 Å². The lowest BCUT2D eigenvalue weighted by atomic mass is 9.89. The molecule has 1 aliphatic heterocycles. The van der Waals surface area contributed by atoms with E-state index in [2.05, 4.69) is 26.1 Å². The predicted molar refractivity (Wildman–Crippen MR) is 131 cm³/mol. The number of aliphatic carboxylic acids is 1. The normalized spacial score (nSPS) is 14.7. The molecule has 0 aromatic rings. The zero-order valence-corrected chi connectivity index (χ0v) is 21.0. The molecular formula is C26H42N2O6. The molecule has 0 saturated heterocycles. The predicted octanol–water partition coefficient (Wildman–Crippen LogP) is 4.70. The van der Waals surface area contributed by atoms with Gasteiger partial charge in [0.05, 0.1) is 6.61 Å². The van der Waals surface area contributed by atoms with Gasteiger partial charge in [-0.1, -0.05) is 72.1 Å². The number of carboxylic acid groups (broad SMARTS) is 1. The molecule has 1 aliphatic rings. The minimum atomic E-state index is -1.02. The summed E-state index contributed by atoms with van der Waals surface area (Å²) >= 11 is 0. The van der Waals surface area contributed by atoms with E-state index < -0.39 is 29.8 Å². The highest BCUT2D eigenvalue weighted by atomic mass is 16.5. The van der Waals surface area contributed by atoms with Crippen LogP contribution in [0.25, 0.3) is 0 Å². The Balaban J connectivity index is 2.19. The molecular weight excluding hydrogens is 436 g/mol. The van der Waals surface area contributed by atoms with Crippen LogP contribution in [-0.4, -0.2) is 46.4 Å². The number of rotatable bonds is 18. The highest BCUT2D eigenvalue weighted by molar-refractivity contribution is 6.13. The van der Waals surface area contributed by atoms with Crippen LogP contribution in [0, 0.1) is 5.41 Å². The summed E-state index contributed by atoms with van der Waals surface area (Å²) in [4.78, 5) is 47.2. The summed E-state index contributed by atoms with van der Waals surface area (Å²) in [6.45, 7) is 7.14. The van der Waals surface area contributed by atoms with Crippen molar-refractivity contribution in [2.45, 2.75) is 104 Å². The summed E-state index contributed by atoms with van der Waals surface area (Å²) in [5.74, 6) is -2.52. The Kier molecular flexibility index (Phi) is 13.9. The Bertz CT molecular complexity index is 705. The first-order chi connectivity index (χ1) is 16.1. The van der Waals surface area contributed by atoms with Gasteiger partial charge in [-0.2, -0.15) is 0 Å². The van der Waals surface area contributed by atoms with Gasteiger partial charge >= 0.3 is 11.9 Å². The lowest BCUT2D eigenvalue weighted by Crippen LogP contribution is -2.36. The van der Waals surface area contributed by atoms with Crippen LogP contribution in [0.4, 0.5) is 0 Å². The van der Waals surface area contributed by atoms with Crippen LogP contribution in [0.15, 0.2) is 24.6 Å². The second-order valence-corrected chi connectivity index (χ2v) is 10.0. The van der Waals surface area contributed by atoms with E-state index in [1.54, 1.807) is 0 Å². The van der Waals surface area contributed by atoms with Crippen molar-refractivity contribution < 1.29 is 29.0 Å². The van der Waals surface area contributed by atoms with E-state index >= 15 is 0 Å². The number of hydrogen-bond donors (Lipinski definition) is 2. The molecule has 0 bridgehead atoms. The fraction of sp³-hybridized carbons (Fsp3) is 0.692. The standard InChI is InChI=1S/C26H42N2O6/c1-26(2,3)17-11-9-7-5-4-6-8-10-12-20-34-25(33)21(13-16-24(31)32)27-18-19-28-22(29)14-15-23(28)30/h14-15,18-19,21,27H,4-13,16-17,20H2,1-3H3,(H,31,32)/t21-/m0/s1. The van der Waals surface area contributed by atoms with Crippen LogP contribution in [0.2, 0.25) is 0 Å². The Morgan fingerprint density at radius 2 is 1.50 bits per heavy atom. The third-order valence-electron chi connectivity index (χ3n) is 5.61. The van der Waals surface area contributed by atoms with Gasteiger partial charge in [-0.05, 0) is 24.7 Å². The van der Waals surface area contributed by atoms with Crippen molar-refractivity contribution in [3.63, 3.8) is 0 Å². The van der Waals surface area contributed by atoms with Crippen molar-refractivity contribution in [2.75, 3.05) is 6.61 Å². The van der Waals surface area contributed by atoms with E-state index in [1.807, 2.05) is 0 Å². The van der Waals surface area contributed by atoms with Gasteiger partial charge in [0.15, 0.2) is 0 Å². The molecule has 0 aromatic carbocycles. The number of carbonyl (C=O) groups is 4. The van der Waals surface area contributed by atoms with Crippen LogP contribution in [-0.2, 0) is 23.9 Å². The number of carboxylic acids is 1. The van der Waals surface area contributed by atoms with Gasteiger partial charge in [-0.25, -0.2) is 9.69 Å². The Labute approximate surface area is 203 Å². The van der Waals surface area contributed by atoms with Gasteiger partial charge in [-0.3, -0.25) is 14.4 Å². The fourth-order valence-corrected chi connectivity index (χ4v) is 3.60. The molecule has 0 aromatic heterocycles. The fourth-order valence-electron chi connectivity index (χ4n) is 3.60. The lowest BCUT2D eigenvalue weighted by Gasteiger charge is -2.17. The van der Waals surface area contributed by atoms with Crippen LogP contribution in [0.3, 0.4) is 0 Å². The molecule has 2 amide bonds. The summed E-state index contributed by atoms with van der Waals surface area (Å²) < 4.78 is 5.31. The monoisotopic (exact) mass is 478 g/mol. The van der Waals surface area contributed by atoms with Gasteiger partial charge in [0.25, 0.3) is 11.8 Å². The molecule has 8 nitrogen and oxygen atoms in total. The molecule has 192 valence electrons.